The average molecular weight is 319 g/mol. The molecule has 0 aliphatic carbocycles. The largest absolute Gasteiger partial charge is 0.380 e. The standard InChI is InChI=1S/C15H12BrFN2/c1-10-2-5-13(16)15(6-10)19-9-12-4-3-11(8-18)7-14(12)17/h2-7,19H,9H2,1H3. The molecule has 0 atom stereocenters. The van der Waals surface area contributed by atoms with Gasteiger partial charge in [0, 0.05) is 22.3 Å². The van der Waals surface area contributed by atoms with Crippen LogP contribution in [0.5, 0.6) is 0 Å². The average Bonchev–Trinajstić information content (AvgIpc) is 2.40. The molecule has 0 saturated heterocycles. The molecule has 2 aromatic carbocycles. The van der Waals surface area contributed by atoms with Crippen LogP contribution in [0.2, 0.25) is 0 Å². The molecule has 2 nitrogen and oxygen atoms in total. The Morgan fingerprint density at radius 1 is 1.26 bits per heavy atom. The number of nitrogens with zero attached hydrogens (tertiary/aromatic N) is 1. The van der Waals surface area contributed by atoms with Crippen LogP contribution >= 0.6 is 15.9 Å². The lowest BCUT2D eigenvalue weighted by Crippen LogP contribution is -2.03. The fourth-order valence-corrected chi connectivity index (χ4v) is 2.11. The summed E-state index contributed by atoms with van der Waals surface area (Å²) in [5, 5.41) is 11.9. The van der Waals surface area contributed by atoms with Gasteiger partial charge >= 0.3 is 0 Å². The summed E-state index contributed by atoms with van der Waals surface area (Å²) < 4.78 is 14.7. The first-order valence-corrected chi connectivity index (χ1v) is 6.58. The maximum atomic E-state index is 13.7. The molecular weight excluding hydrogens is 307 g/mol. The molecule has 0 radical (unpaired) electrons. The molecule has 0 aromatic heterocycles. The topological polar surface area (TPSA) is 35.8 Å². The number of hydrogen-bond donors (Lipinski definition) is 1. The summed E-state index contributed by atoms with van der Waals surface area (Å²) in [6.45, 7) is 2.37. The molecule has 0 heterocycles. The van der Waals surface area contributed by atoms with E-state index in [0.717, 1.165) is 15.7 Å². The molecule has 2 aromatic rings. The summed E-state index contributed by atoms with van der Waals surface area (Å²) in [6, 6.07) is 12.4. The third-order valence-electron chi connectivity index (χ3n) is 2.77. The molecule has 0 aliphatic heterocycles. The second-order valence-corrected chi connectivity index (χ2v) is 5.11. The molecule has 0 bridgehead atoms. The summed E-state index contributed by atoms with van der Waals surface area (Å²) in [6.07, 6.45) is 0. The van der Waals surface area contributed by atoms with E-state index in [1.54, 1.807) is 12.1 Å². The molecule has 0 saturated carbocycles. The minimum atomic E-state index is -0.365. The Hall–Kier alpha value is -1.86. The monoisotopic (exact) mass is 318 g/mol. The van der Waals surface area contributed by atoms with E-state index >= 15 is 0 Å². The van der Waals surface area contributed by atoms with Crippen LogP contribution in [0.1, 0.15) is 16.7 Å². The van der Waals surface area contributed by atoms with E-state index in [1.165, 1.54) is 6.07 Å². The number of anilines is 1. The molecule has 0 spiro atoms. The molecule has 4 heteroatoms. The highest BCUT2D eigenvalue weighted by atomic mass is 79.9. The first-order valence-electron chi connectivity index (χ1n) is 5.78. The van der Waals surface area contributed by atoms with Crippen molar-refractivity contribution in [2.75, 3.05) is 5.32 Å². The highest BCUT2D eigenvalue weighted by Crippen LogP contribution is 2.24. The third-order valence-corrected chi connectivity index (χ3v) is 3.46. The highest BCUT2D eigenvalue weighted by Gasteiger charge is 2.05. The first-order chi connectivity index (χ1) is 9.10. The van der Waals surface area contributed by atoms with Crippen molar-refractivity contribution < 1.29 is 4.39 Å². The van der Waals surface area contributed by atoms with E-state index in [0.29, 0.717) is 17.7 Å². The van der Waals surface area contributed by atoms with Crippen LogP contribution in [0.25, 0.3) is 0 Å². The second kappa shape index (κ2) is 5.85. The first kappa shape index (κ1) is 13.6. The normalized spacial score (nSPS) is 10.0. The van der Waals surface area contributed by atoms with Crippen molar-refractivity contribution in [1.82, 2.24) is 0 Å². The molecule has 1 N–H and O–H groups in total. The minimum Gasteiger partial charge on any atom is -0.380 e. The van der Waals surface area contributed by atoms with E-state index in [4.69, 9.17) is 5.26 Å². The number of halogens is 2. The lowest BCUT2D eigenvalue weighted by Gasteiger charge is -2.10. The van der Waals surface area contributed by atoms with Crippen molar-refractivity contribution in [2.24, 2.45) is 0 Å². The fraction of sp³-hybridized carbons (Fsp3) is 0.133. The highest BCUT2D eigenvalue weighted by molar-refractivity contribution is 9.10. The third kappa shape index (κ3) is 3.33. The SMILES string of the molecule is Cc1ccc(Br)c(NCc2ccc(C#N)cc2F)c1. The molecule has 0 aliphatic rings. The van der Waals surface area contributed by atoms with E-state index in [2.05, 4.69) is 21.2 Å². The summed E-state index contributed by atoms with van der Waals surface area (Å²) in [5.74, 6) is -0.365. The van der Waals surface area contributed by atoms with Crippen molar-refractivity contribution in [2.45, 2.75) is 13.5 Å². The van der Waals surface area contributed by atoms with Crippen LogP contribution in [-0.4, -0.2) is 0 Å². The van der Waals surface area contributed by atoms with Crippen LogP contribution in [0.15, 0.2) is 40.9 Å². The van der Waals surface area contributed by atoms with Crippen LogP contribution in [0, 0.1) is 24.1 Å². The molecule has 19 heavy (non-hydrogen) atoms. The Morgan fingerprint density at radius 3 is 2.74 bits per heavy atom. The van der Waals surface area contributed by atoms with Crippen LogP contribution in [0.3, 0.4) is 0 Å². The Kier molecular flexibility index (Phi) is 4.18. The Labute approximate surface area is 120 Å². The summed E-state index contributed by atoms with van der Waals surface area (Å²) in [4.78, 5) is 0. The van der Waals surface area contributed by atoms with E-state index in [9.17, 15) is 4.39 Å². The van der Waals surface area contributed by atoms with Gasteiger partial charge in [-0.25, -0.2) is 4.39 Å². The van der Waals surface area contributed by atoms with Gasteiger partial charge in [0.05, 0.1) is 11.6 Å². The molecule has 96 valence electrons. The van der Waals surface area contributed by atoms with Gasteiger partial charge in [-0.15, -0.1) is 0 Å². The van der Waals surface area contributed by atoms with Gasteiger partial charge in [0.15, 0.2) is 0 Å². The lowest BCUT2D eigenvalue weighted by molar-refractivity contribution is 0.612. The van der Waals surface area contributed by atoms with Gasteiger partial charge in [0.2, 0.25) is 0 Å². The lowest BCUT2D eigenvalue weighted by atomic mass is 10.1. The smallest absolute Gasteiger partial charge is 0.129 e. The second-order valence-electron chi connectivity index (χ2n) is 4.25. The van der Waals surface area contributed by atoms with Gasteiger partial charge in [-0.2, -0.15) is 5.26 Å². The Balaban J connectivity index is 2.15. The van der Waals surface area contributed by atoms with Crippen molar-refractivity contribution in [1.29, 1.82) is 5.26 Å². The van der Waals surface area contributed by atoms with Gasteiger partial charge < -0.3 is 5.32 Å². The van der Waals surface area contributed by atoms with Crippen molar-refractivity contribution in [3.63, 3.8) is 0 Å². The van der Waals surface area contributed by atoms with Crippen LogP contribution in [-0.2, 0) is 6.54 Å². The molecule has 0 fully saturated rings. The van der Waals surface area contributed by atoms with Gasteiger partial charge in [-0.3, -0.25) is 0 Å². The quantitative estimate of drug-likeness (QED) is 0.911. The minimum absolute atomic E-state index is 0.331. The number of hydrogen-bond acceptors (Lipinski definition) is 2. The molecular formula is C15H12BrFN2. The zero-order valence-electron chi connectivity index (χ0n) is 10.4. The number of nitrogens with one attached hydrogen (secondary N) is 1. The fourth-order valence-electron chi connectivity index (χ4n) is 1.73. The molecule has 2 rings (SSSR count). The summed E-state index contributed by atoms with van der Waals surface area (Å²) in [5.41, 5.74) is 2.92. The molecule has 0 unspecified atom stereocenters. The van der Waals surface area contributed by atoms with Crippen molar-refractivity contribution in [3.05, 3.63) is 63.4 Å². The van der Waals surface area contributed by atoms with Crippen LogP contribution in [0.4, 0.5) is 10.1 Å². The van der Waals surface area contributed by atoms with Gasteiger partial charge in [-0.1, -0.05) is 12.1 Å². The van der Waals surface area contributed by atoms with E-state index in [1.807, 2.05) is 31.2 Å². The van der Waals surface area contributed by atoms with E-state index in [-0.39, 0.29) is 5.82 Å². The predicted molar refractivity (Wildman–Crippen MR) is 77.3 cm³/mol. The maximum Gasteiger partial charge on any atom is 0.129 e. The van der Waals surface area contributed by atoms with Crippen LogP contribution < -0.4 is 5.32 Å². The van der Waals surface area contributed by atoms with Gasteiger partial charge in [0.1, 0.15) is 5.82 Å². The number of aryl methyl sites for hydroxylation is 1. The van der Waals surface area contributed by atoms with Gasteiger partial charge in [-0.05, 0) is 52.7 Å². The Bertz CT molecular complexity index is 647. The zero-order chi connectivity index (χ0) is 13.8. The predicted octanol–water partition coefficient (Wildman–Crippen LogP) is 4.38. The number of nitriles is 1. The summed E-state index contributed by atoms with van der Waals surface area (Å²) in [7, 11) is 0. The summed E-state index contributed by atoms with van der Waals surface area (Å²) >= 11 is 3.45. The number of benzene rings is 2. The van der Waals surface area contributed by atoms with E-state index < -0.39 is 0 Å². The van der Waals surface area contributed by atoms with Crippen molar-refractivity contribution in [3.8, 4) is 6.07 Å². The van der Waals surface area contributed by atoms with Crippen molar-refractivity contribution >= 4 is 21.6 Å². The Morgan fingerprint density at radius 2 is 2.05 bits per heavy atom. The molecule has 0 amide bonds. The zero-order valence-corrected chi connectivity index (χ0v) is 12.0. The number of rotatable bonds is 3. The van der Waals surface area contributed by atoms with Gasteiger partial charge in [0.25, 0.3) is 0 Å². The maximum absolute atomic E-state index is 13.7.